The van der Waals surface area contributed by atoms with Gasteiger partial charge in [0.1, 0.15) is 5.75 Å². The Hall–Kier alpha value is -1.02. The monoisotopic (exact) mass is 205 g/mol. The second-order valence-electron chi connectivity index (χ2n) is 4.03. The fourth-order valence-electron chi connectivity index (χ4n) is 2.46. The highest BCUT2D eigenvalue weighted by molar-refractivity contribution is 5.43. The van der Waals surface area contributed by atoms with E-state index >= 15 is 0 Å². The Morgan fingerprint density at radius 3 is 3.07 bits per heavy atom. The van der Waals surface area contributed by atoms with Gasteiger partial charge in [0.2, 0.25) is 0 Å². The van der Waals surface area contributed by atoms with Crippen molar-refractivity contribution < 1.29 is 4.74 Å². The highest BCUT2D eigenvalue weighted by Crippen LogP contribution is 2.34. The molecule has 0 fully saturated rings. The zero-order valence-electron chi connectivity index (χ0n) is 9.55. The molecule has 0 aliphatic heterocycles. The fraction of sp³-hybridized carbons (Fsp3) is 0.538. The number of hydrogen-bond donors (Lipinski definition) is 1. The van der Waals surface area contributed by atoms with Gasteiger partial charge in [-0.25, -0.2) is 0 Å². The Bertz CT molecular complexity index is 335. The number of methoxy groups -OCH3 is 1. The van der Waals surface area contributed by atoms with Crippen LogP contribution in [0.5, 0.6) is 5.75 Å². The summed E-state index contributed by atoms with van der Waals surface area (Å²) < 4.78 is 5.41. The van der Waals surface area contributed by atoms with Gasteiger partial charge in [0.05, 0.1) is 7.11 Å². The molecule has 1 aromatic rings. The summed E-state index contributed by atoms with van der Waals surface area (Å²) in [6.45, 7) is 3.19. The van der Waals surface area contributed by atoms with Crippen molar-refractivity contribution in [2.45, 2.75) is 32.2 Å². The highest BCUT2D eigenvalue weighted by Gasteiger charge is 2.21. The van der Waals surface area contributed by atoms with Crippen LogP contribution in [0.4, 0.5) is 0 Å². The Morgan fingerprint density at radius 1 is 1.47 bits per heavy atom. The molecule has 2 nitrogen and oxygen atoms in total. The molecule has 2 heteroatoms. The lowest BCUT2D eigenvalue weighted by Crippen LogP contribution is -2.25. The van der Waals surface area contributed by atoms with Crippen LogP contribution in [0.25, 0.3) is 0 Å². The van der Waals surface area contributed by atoms with Crippen molar-refractivity contribution in [1.29, 1.82) is 0 Å². The lowest BCUT2D eigenvalue weighted by atomic mass is 9.87. The zero-order valence-corrected chi connectivity index (χ0v) is 9.55. The van der Waals surface area contributed by atoms with Gasteiger partial charge in [0, 0.05) is 6.04 Å². The highest BCUT2D eigenvalue weighted by atomic mass is 16.5. The molecule has 0 radical (unpaired) electrons. The molecule has 0 unspecified atom stereocenters. The maximum Gasteiger partial charge on any atom is 0.122 e. The largest absolute Gasteiger partial charge is 0.496 e. The van der Waals surface area contributed by atoms with Crippen molar-refractivity contribution in [1.82, 2.24) is 5.32 Å². The molecule has 0 spiro atoms. The molecular weight excluding hydrogens is 186 g/mol. The maximum atomic E-state index is 5.41. The van der Waals surface area contributed by atoms with E-state index in [0.29, 0.717) is 6.04 Å². The van der Waals surface area contributed by atoms with Gasteiger partial charge in [0.15, 0.2) is 0 Å². The van der Waals surface area contributed by atoms with E-state index in [1.54, 1.807) is 7.11 Å². The maximum absolute atomic E-state index is 5.41. The van der Waals surface area contributed by atoms with Gasteiger partial charge in [-0.1, -0.05) is 19.1 Å². The molecule has 82 valence electrons. The molecule has 1 aromatic carbocycles. The van der Waals surface area contributed by atoms with Crippen molar-refractivity contribution in [3.05, 3.63) is 29.3 Å². The van der Waals surface area contributed by atoms with E-state index in [1.165, 1.54) is 24.0 Å². The van der Waals surface area contributed by atoms with Crippen molar-refractivity contribution in [3.63, 3.8) is 0 Å². The Balaban J connectivity index is 2.35. The number of hydrogen-bond acceptors (Lipinski definition) is 2. The summed E-state index contributed by atoms with van der Waals surface area (Å²) in [5, 5.41) is 3.54. The SMILES string of the molecule is CCN[C@H]1CCCc2c(OC)cccc21. The predicted molar refractivity (Wildman–Crippen MR) is 62.3 cm³/mol. The molecule has 1 N–H and O–H groups in total. The molecule has 1 atom stereocenters. The van der Waals surface area contributed by atoms with Gasteiger partial charge in [-0.3, -0.25) is 0 Å². The molecular formula is C13H19NO. The van der Waals surface area contributed by atoms with E-state index in [9.17, 15) is 0 Å². The van der Waals surface area contributed by atoms with Crippen LogP contribution in [0.15, 0.2) is 18.2 Å². The molecule has 0 saturated carbocycles. The average Bonchev–Trinajstić information content (AvgIpc) is 2.29. The molecule has 2 rings (SSSR count). The first-order valence-electron chi connectivity index (χ1n) is 5.76. The second-order valence-corrected chi connectivity index (χ2v) is 4.03. The minimum atomic E-state index is 0.522. The minimum absolute atomic E-state index is 0.522. The van der Waals surface area contributed by atoms with Crippen LogP contribution in [-0.2, 0) is 6.42 Å². The lowest BCUT2D eigenvalue weighted by molar-refractivity contribution is 0.397. The molecule has 0 heterocycles. The van der Waals surface area contributed by atoms with Crippen LogP contribution in [0.2, 0.25) is 0 Å². The van der Waals surface area contributed by atoms with Crippen molar-refractivity contribution >= 4 is 0 Å². The van der Waals surface area contributed by atoms with Crippen LogP contribution in [0, 0.1) is 0 Å². The summed E-state index contributed by atoms with van der Waals surface area (Å²) in [4.78, 5) is 0. The summed E-state index contributed by atoms with van der Waals surface area (Å²) in [6.07, 6.45) is 3.65. The number of rotatable bonds is 3. The van der Waals surface area contributed by atoms with Crippen molar-refractivity contribution in [2.24, 2.45) is 0 Å². The van der Waals surface area contributed by atoms with Crippen molar-refractivity contribution in [3.8, 4) is 5.75 Å². The smallest absolute Gasteiger partial charge is 0.122 e. The third-order valence-corrected chi connectivity index (χ3v) is 3.13. The molecule has 0 saturated heterocycles. The number of benzene rings is 1. The van der Waals surface area contributed by atoms with Crippen molar-refractivity contribution in [2.75, 3.05) is 13.7 Å². The lowest BCUT2D eigenvalue weighted by Gasteiger charge is -2.27. The third-order valence-electron chi connectivity index (χ3n) is 3.13. The van der Waals surface area contributed by atoms with Crippen LogP contribution in [-0.4, -0.2) is 13.7 Å². The van der Waals surface area contributed by atoms with Gasteiger partial charge in [-0.2, -0.15) is 0 Å². The zero-order chi connectivity index (χ0) is 10.7. The fourth-order valence-corrected chi connectivity index (χ4v) is 2.46. The molecule has 0 amide bonds. The average molecular weight is 205 g/mol. The molecule has 15 heavy (non-hydrogen) atoms. The Morgan fingerprint density at radius 2 is 2.33 bits per heavy atom. The van der Waals surface area contributed by atoms with Gasteiger partial charge in [-0.15, -0.1) is 0 Å². The Labute approximate surface area is 91.6 Å². The van der Waals surface area contributed by atoms with E-state index in [4.69, 9.17) is 4.74 Å². The minimum Gasteiger partial charge on any atom is -0.496 e. The van der Waals surface area contributed by atoms with Crippen LogP contribution in [0.1, 0.15) is 36.9 Å². The number of nitrogens with one attached hydrogen (secondary N) is 1. The topological polar surface area (TPSA) is 21.3 Å². The van der Waals surface area contributed by atoms with E-state index in [1.807, 2.05) is 0 Å². The standard InChI is InChI=1S/C13H19NO/c1-3-14-12-8-4-7-11-10(12)6-5-9-13(11)15-2/h5-6,9,12,14H,3-4,7-8H2,1-2H3/t12-/m0/s1. The van der Waals surface area contributed by atoms with Crippen LogP contribution < -0.4 is 10.1 Å². The summed E-state index contributed by atoms with van der Waals surface area (Å²) in [6, 6.07) is 6.90. The first kappa shape index (κ1) is 10.5. The third kappa shape index (κ3) is 2.00. The summed E-state index contributed by atoms with van der Waals surface area (Å²) in [7, 11) is 1.76. The van der Waals surface area contributed by atoms with Gasteiger partial charge < -0.3 is 10.1 Å². The van der Waals surface area contributed by atoms with E-state index in [-0.39, 0.29) is 0 Å². The molecule has 1 aliphatic carbocycles. The summed E-state index contributed by atoms with van der Waals surface area (Å²) >= 11 is 0. The predicted octanol–water partition coefficient (Wildman–Crippen LogP) is 2.68. The first-order chi connectivity index (χ1) is 7.36. The van der Waals surface area contributed by atoms with Gasteiger partial charge in [0.25, 0.3) is 0 Å². The van der Waals surface area contributed by atoms with E-state index in [2.05, 4.69) is 30.4 Å². The summed E-state index contributed by atoms with van der Waals surface area (Å²) in [5.74, 6) is 1.05. The number of fused-ring (bicyclic) bond motifs is 1. The van der Waals surface area contributed by atoms with E-state index < -0.39 is 0 Å². The Kier molecular flexibility index (Phi) is 3.27. The number of ether oxygens (including phenoxy) is 1. The molecule has 0 bridgehead atoms. The van der Waals surface area contributed by atoms with E-state index in [0.717, 1.165) is 18.7 Å². The van der Waals surface area contributed by atoms with Gasteiger partial charge >= 0.3 is 0 Å². The summed E-state index contributed by atoms with van der Waals surface area (Å²) in [5.41, 5.74) is 2.83. The normalized spacial score (nSPS) is 19.7. The van der Waals surface area contributed by atoms with Gasteiger partial charge in [-0.05, 0) is 43.0 Å². The quantitative estimate of drug-likeness (QED) is 0.819. The van der Waals surface area contributed by atoms with Crippen LogP contribution >= 0.6 is 0 Å². The molecule has 1 aliphatic rings. The molecule has 0 aromatic heterocycles. The first-order valence-corrected chi connectivity index (χ1v) is 5.76. The van der Waals surface area contributed by atoms with Crippen LogP contribution in [0.3, 0.4) is 0 Å². The second kappa shape index (κ2) is 4.67.